The van der Waals surface area contributed by atoms with Gasteiger partial charge in [-0.2, -0.15) is 0 Å². The van der Waals surface area contributed by atoms with Crippen molar-refractivity contribution in [1.82, 2.24) is 0 Å². The molecule has 0 spiro atoms. The lowest BCUT2D eigenvalue weighted by molar-refractivity contribution is 0.103. The minimum atomic E-state index is -0.565. The van der Waals surface area contributed by atoms with Gasteiger partial charge in [0.15, 0.2) is 0 Å². The molecule has 0 bridgehead atoms. The number of hydrogen-bond donors (Lipinski definition) is 0. The van der Waals surface area contributed by atoms with Gasteiger partial charge in [-0.1, -0.05) is 74.5 Å². The minimum Gasteiger partial charge on any atom is -0.413 e. The molecule has 3 heteroatoms. The molecule has 2 rings (SSSR count). The third kappa shape index (κ3) is 2.69. The Labute approximate surface area is 129 Å². The highest BCUT2D eigenvalue weighted by molar-refractivity contribution is 6.22. The lowest BCUT2D eigenvalue weighted by Crippen LogP contribution is -2.42. The summed E-state index contributed by atoms with van der Waals surface area (Å²) in [6.45, 7) is 4.28. The van der Waals surface area contributed by atoms with Crippen molar-refractivity contribution in [3.05, 3.63) is 71.8 Å². The van der Waals surface area contributed by atoms with Crippen molar-refractivity contribution in [2.75, 3.05) is 0 Å². The molecule has 20 heavy (non-hydrogen) atoms. The number of alkyl halides is 1. The van der Waals surface area contributed by atoms with Crippen LogP contribution in [0.5, 0.6) is 0 Å². The standard InChI is InChI=1S/C17H21ClOSi/c1-13(2)16(18)17(19-20,14-9-5-3-6-10-14)15-11-7-4-8-12-15/h3-13,16H,1-2,20H3. The fourth-order valence-corrected chi connectivity index (χ4v) is 3.89. The molecule has 0 radical (unpaired) electrons. The van der Waals surface area contributed by atoms with E-state index in [0.717, 1.165) is 11.1 Å². The van der Waals surface area contributed by atoms with Crippen LogP contribution >= 0.6 is 11.6 Å². The quantitative estimate of drug-likeness (QED) is 0.607. The summed E-state index contributed by atoms with van der Waals surface area (Å²) >= 11 is 6.80. The molecule has 0 saturated heterocycles. The highest BCUT2D eigenvalue weighted by Gasteiger charge is 2.42. The third-order valence-corrected chi connectivity index (χ3v) is 5.16. The molecular weight excluding hydrogens is 284 g/mol. The van der Waals surface area contributed by atoms with Crippen molar-refractivity contribution in [3.8, 4) is 0 Å². The fourth-order valence-electron chi connectivity index (χ4n) is 2.67. The molecule has 0 saturated carbocycles. The van der Waals surface area contributed by atoms with E-state index in [9.17, 15) is 0 Å². The van der Waals surface area contributed by atoms with Crippen LogP contribution in [0.25, 0.3) is 0 Å². The number of rotatable bonds is 5. The molecule has 0 aliphatic rings. The fraction of sp³-hybridized carbons (Fsp3) is 0.294. The van der Waals surface area contributed by atoms with Gasteiger partial charge in [0, 0.05) is 0 Å². The SMILES string of the molecule is CC(C)C(Cl)C(O[SiH3])(c1ccccc1)c1ccccc1. The van der Waals surface area contributed by atoms with Crippen LogP contribution in [0.15, 0.2) is 60.7 Å². The zero-order valence-corrected chi connectivity index (χ0v) is 15.0. The highest BCUT2D eigenvalue weighted by atomic mass is 35.5. The smallest absolute Gasteiger partial charge is 0.147 e. The molecule has 2 aromatic carbocycles. The molecule has 0 aliphatic carbocycles. The average Bonchev–Trinajstić information content (AvgIpc) is 2.50. The molecule has 0 aliphatic heterocycles. The number of hydrogen-bond acceptors (Lipinski definition) is 1. The molecular formula is C17H21ClOSi. The summed E-state index contributed by atoms with van der Waals surface area (Å²) in [7, 11) is 0.625. The Morgan fingerprint density at radius 2 is 1.30 bits per heavy atom. The zero-order valence-electron chi connectivity index (χ0n) is 12.2. The van der Waals surface area contributed by atoms with Gasteiger partial charge < -0.3 is 4.43 Å². The maximum Gasteiger partial charge on any atom is 0.147 e. The van der Waals surface area contributed by atoms with Gasteiger partial charge in [0.2, 0.25) is 0 Å². The lowest BCUT2D eigenvalue weighted by atomic mass is 9.79. The minimum absolute atomic E-state index is 0.121. The van der Waals surface area contributed by atoms with Crippen LogP contribution in [-0.4, -0.2) is 15.9 Å². The van der Waals surface area contributed by atoms with Gasteiger partial charge in [-0.05, 0) is 17.0 Å². The zero-order chi connectivity index (χ0) is 14.6. The summed E-state index contributed by atoms with van der Waals surface area (Å²) in [5.41, 5.74) is 1.68. The summed E-state index contributed by atoms with van der Waals surface area (Å²) in [6.07, 6.45) is 0. The van der Waals surface area contributed by atoms with Crippen molar-refractivity contribution in [2.24, 2.45) is 5.92 Å². The van der Waals surface area contributed by atoms with E-state index in [1.165, 1.54) is 0 Å². The summed E-state index contributed by atoms with van der Waals surface area (Å²) in [5.74, 6) is 0.311. The number of benzene rings is 2. The predicted octanol–water partition coefficient (Wildman–Crippen LogP) is 3.49. The maximum atomic E-state index is 6.80. The van der Waals surface area contributed by atoms with Crippen LogP contribution in [0, 0.1) is 5.92 Å². The average molecular weight is 305 g/mol. The van der Waals surface area contributed by atoms with E-state index in [2.05, 4.69) is 38.1 Å². The van der Waals surface area contributed by atoms with E-state index in [1.807, 2.05) is 36.4 Å². The molecule has 0 amide bonds. The van der Waals surface area contributed by atoms with E-state index in [4.69, 9.17) is 16.0 Å². The first-order valence-electron chi connectivity index (χ1n) is 6.93. The van der Waals surface area contributed by atoms with Crippen LogP contribution in [-0.2, 0) is 10.0 Å². The van der Waals surface area contributed by atoms with Crippen LogP contribution in [0.1, 0.15) is 25.0 Å². The van der Waals surface area contributed by atoms with Crippen LogP contribution in [0.3, 0.4) is 0 Å². The Kier molecular flexibility index (Phi) is 5.03. The van der Waals surface area contributed by atoms with Crippen molar-refractivity contribution < 1.29 is 4.43 Å². The van der Waals surface area contributed by atoms with E-state index in [0.29, 0.717) is 16.4 Å². The summed E-state index contributed by atoms with van der Waals surface area (Å²) in [6, 6.07) is 20.6. The Morgan fingerprint density at radius 1 is 0.900 bits per heavy atom. The second-order valence-corrected chi connectivity index (χ2v) is 6.20. The highest BCUT2D eigenvalue weighted by Crippen LogP contribution is 2.41. The van der Waals surface area contributed by atoms with Crippen LogP contribution < -0.4 is 0 Å². The number of halogens is 1. The normalized spacial score (nSPS) is 13.6. The van der Waals surface area contributed by atoms with Gasteiger partial charge in [0.05, 0.1) is 5.38 Å². The first-order chi connectivity index (χ1) is 9.63. The van der Waals surface area contributed by atoms with E-state index >= 15 is 0 Å². The first kappa shape index (κ1) is 15.3. The van der Waals surface area contributed by atoms with Gasteiger partial charge in [-0.15, -0.1) is 11.6 Å². The third-order valence-electron chi connectivity index (χ3n) is 3.70. The summed E-state index contributed by atoms with van der Waals surface area (Å²) < 4.78 is 6.14. The van der Waals surface area contributed by atoms with Gasteiger partial charge in [-0.25, -0.2) is 0 Å². The van der Waals surface area contributed by atoms with Crippen molar-refractivity contribution in [3.63, 3.8) is 0 Å². The Bertz CT molecular complexity index is 488. The van der Waals surface area contributed by atoms with E-state index in [-0.39, 0.29) is 5.38 Å². The molecule has 0 aromatic heterocycles. The second-order valence-electron chi connectivity index (χ2n) is 5.32. The molecule has 0 fully saturated rings. The first-order valence-corrected chi connectivity index (χ1v) is 8.18. The van der Waals surface area contributed by atoms with Crippen molar-refractivity contribution in [2.45, 2.75) is 24.8 Å². The van der Waals surface area contributed by atoms with Crippen molar-refractivity contribution in [1.29, 1.82) is 0 Å². The van der Waals surface area contributed by atoms with Crippen LogP contribution in [0.4, 0.5) is 0 Å². The second kappa shape index (κ2) is 6.57. The van der Waals surface area contributed by atoms with Crippen molar-refractivity contribution >= 4 is 22.1 Å². The van der Waals surface area contributed by atoms with E-state index < -0.39 is 5.60 Å². The Balaban J connectivity index is 2.64. The monoisotopic (exact) mass is 304 g/mol. The molecule has 1 unspecified atom stereocenters. The van der Waals surface area contributed by atoms with Crippen LogP contribution in [0.2, 0.25) is 0 Å². The summed E-state index contributed by atoms with van der Waals surface area (Å²) in [4.78, 5) is 0. The molecule has 2 aromatic rings. The predicted molar refractivity (Wildman–Crippen MR) is 89.2 cm³/mol. The largest absolute Gasteiger partial charge is 0.413 e. The molecule has 0 N–H and O–H groups in total. The molecule has 1 atom stereocenters. The van der Waals surface area contributed by atoms with E-state index in [1.54, 1.807) is 0 Å². The Hall–Kier alpha value is -1.09. The molecule has 1 nitrogen and oxygen atoms in total. The molecule has 0 heterocycles. The topological polar surface area (TPSA) is 9.23 Å². The van der Waals surface area contributed by atoms with Gasteiger partial charge in [0.1, 0.15) is 16.1 Å². The summed E-state index contributed by atoms with van der Waals surface area (Å²) in [5, 5.41) is -0.121. The molecule has 106 valence electrons. The maximum absolute atomic E-state index is 6.80. The lowest BCUT2D eigenvalue weighted by Gasteiger charge is -2.40. The van der Waals surface area contributed by atoms with Gasteiger partial charge in [0.25, 0.3) is 0 Å². The van der Waals surface area contributed by atoms with Gasteiger partial charge >= 0.3 is 0 Å². The Morgan fingerprint density at radius 3 is 1.60 bits per heavy atom. The van der Waals surface area contributed by atoms with Gasteiger partial charge in [-0.3, -0.25) is 0 Å².